The molecule has 0 bridgehead atoms. The van der Waals surface area contributed by atoms with Gasteiger partial charge in [0, 0.05) is 31.9 Å². The van der Waals surface area contributed by atoms with Crippen LogP contribution in [0.1, 0.15) is 101 Å². The minimum absolute atomic E-state index is 0.0309. The first-order valence-corrected chi connectivity index (χ1v) is 20.1. The van der Waals surface area contributed by atoms with Gasteiger partial charge in [0.15, 0.2) is 12.4 Å². The summed E-state index contributed by atoms with van der Waals surface area (Å²) in [7, 11) is -6.81. The predicted octanol–water partition coefficient (Wildman–Crippen LogP) is 10.1. The first-order chi connectivity index (χ1) is 25.6. The summed E-state index contributed by atoms with van der Waals surface area (Å²) in [6, 6.07) is 17.0. The zero-order chi connectivity index (χ0) is 42.0. The second-order valence-corrected chi connectivity index (χ2v) is 17.4. The molecule has 0 aliphatic carbocycles. The Kier molecular flexibility index (Phi) is 10.4. The maximum atomic E-state index is 14.8. The number of benzene rings is 3. The van der Waals surface area contributed by atoms with Gasteiger partial charge in [-0.15, -0.1) is 0 Å². The van der Waals surface area contributed by atoms with Gasteiger partial charge in [0.05, 0.1) is 22.1 Å². The van der Waals surface area contributed by atoms with Crippen LogP contribution in [0.25, 0.3) is 38.6 Å². The van der Waals surface area contributed by atoms with E-state index in [1.54, 1.807) is 17.0 Å². The van der Waals surface area contributed by atoms with Crippen LogP contribution in [0.5, 0.6) is 0 Å². The summed E-state index contributed by atoms with van der Waals surface area (Å²) in [5, 5.41) is 0.452. The number of nitrogens with zero attached hydrogens (tertiary/aromatic N) is 4. The Labute approximate surface area is 319 Å². The maximum absolute atomic E-state index is 14.8. The van der Waals surface area contributed by atoms with E-state index in [0.717, 1.165) is 27.9 Å². The Balaban J connectivity index is 0.000000784. The molecule has 6 rings (SSSR count). The van der Waals surface area contributed by atoms with Crippen LogP contribution in [0, 0.1) is 0 Å². The Morgan fingerprint density at radius 1 is 0.536 bits per heavy atom. The summed E-state index contributed by atoms with van der Waals surface area (Å²) in [6.45, 7) is 16.3. The number of anilines is 1. The number of fused-ring (bicyclic) bond motifs is 2. The van der Waals surface area contributed by atoms with Crippen LogP contribution in [0.3, 0.4) is 0 Å². The fourth-order valence-electron chi connectivity index (χ4n) is 7.16. The van der Waals surface area contributed by atoms with Crippen LogP contribution < -0.4 is 31.7 Å². The summed E-state index contributed by atoms with van der Waals surface area (Å²) in [5.74, 6) is 0.123. The van der Waals surface area contributed by atoms with Crippen molar-refractivity contribution in [1.82, 2.24) is 9.13 Å². The molecular weight excluding hydrogens is 757 g/mol. The van der Waals surface area contributed by atoms with Gasteiger partial charge < -0.3 is 4.90 Å². The average Bonchev–Trinajstić information content (AvgIpc) is 3.48. The second-order valence-electron chi connectivity index (χ2n) is 15.5. The van der Waals surface area contributed by atoms with E-state index >= 15 is 0 Å². The molecule has 0 aliphatic heterocycles. The molecule has 0 saturated heterocycles. The summed E-state index contributed by atoms with van der Waals surface area (Å²) in [5.41, 5.74) is 3.77. The molecule has 0 saturated carbocycles. The molecule has 0 N–H and O–H groups in total. The zero-order valence-electron chi connectivity index (χ0n) is 32.8. The molecule has 0 unspecified atom stereocenters. The molecule has 0 radical (unpaired) electrons. The number of pyridine rings is 1. The van der Waals surface area contributed by atoms with E-state index in [-0.39, 0.29) is 50.9 Å². The Morgan fingerprint density at radius 3 is 1.11 bits per heavy atom. The third kappa shape index (κ3) is 8.21. The predicted molar refractivity (Wildman–Crippen MR) is 213 cm³/mol. The third-order valence-electron chi connectivity index (χ3n) is 9.72. The van der Waals surface area contributed by atoms with Crippen molar-refractivity contribution < 1.29 is 29.7 Å². The Hall–Kier alpha value is -5.10. The number of rotatable bonds is 8. The summed E-state index contributed by atoms with van der Waals surface area (Å²) < 4.78 is 63.4. The van der Waals surface area contributed by atoms with Crippen molar-refractivity contribution in [2.45, 2.75) is 79.1 Å². The molecule has 0 spiro atoms. The van der Waals surface area contributed by atoms with E-state index in [1.165, 1.54) is 15.2 Å². The monoisotopic (exact) mass is 802 g/mol. The van der Waals surface area contributed by atoms with Crippen molar-refractivity contribution in [3.8, 4) is 17.1 Å². The first kappa shape index (κ1) is 42.1. The summed E-state index contributed by atoms with van der Waals surface area (Å²) >= 11 is 0. The van der Waals surface area contributed by atoms with Gasteiger partial charge >= 0.3 is 33.0 Å². The van der Waals surface area contributed by atoms with Gasteiger partial charge in [-0.25, -0.2) is 9.13 Å². The SMILES string of the molecule is CC(C)c1cccc(C(C)C)c1-n1c(=O)c2cc3c(=O)n(-c4c(C(C)C)cccc4C(C)C)c(=O)c3c(-[n+]3ccc(N(C)C)cc3)c2c1=O.F[P-](F)(F)(F)(F)F. The van der Waals surface area contributed by atoms with Crippen LogP contribution in [-0.4, -0.2) is 23.2 Å². The summed E-state index contributed by atoms with van der Waals surface area (Å²) in [6.07, 6.45) is 3.55. The van der Waals surface area contributed by atoms with Crippen LogP contribution in [0.2, 0.25) is 0 Å². The van der Waals surface area contributed by atoms with Crippen LogP contribution in [0.15, 0.2) is 86.2 Å². The average molecular weight is 803 g/mol. The number of halogens is 6. The second kappa shape index (κ2) is 13.8. The Morgan fingerprint density at radius 2 is 0.839 bits per heavy atom. The molecule has 6 aromatic rings. The molecule has 0 atom stereocenters. The first-order valence-electron chi connectivity index (χ1n) is 18.1. The molecule has 300 valence electrons. The summed E-state index contributed by atoms with van der Waals surface area (Å²) in [4.78, 5) is 60.8. The van der Waals surface area contributed by atoms with E-state index in [1.807, 2.05) is 123 Å². The molecular formula is C41H45F6N4O4P. The van der Waals surface area contributed by atoms with Crippen LogP contribution >= 0.6 is 7.81 Å². The minimum atomic E-state index is -10.7. The fraction of sp³-hybridized carbons (Fsp3) is 0.341. The van der Waals surface area contributed by atoms with Gasteiger partial charge in [-0.1, -0.05) is 91.8 Å². The number of para-hydroxylation sites is 2. The third-order valence-corrected chi connectivity index (χ3v) is 9.72. The molecule has 3 aromatic carbocycles. The molecule has 0 amide bonds. The number of hydrogen-bond donors (Lipinski definition) is 0. The quantitative estimate of drug-likeness (QED) is 0.0869. The van der Waals surface area contributed by atoms with E-state index in [4.69, 9.17) is 0 Å². The molecule has 3 aromatic heterocycles. The number of aromatic nitrogens is 3. The molecule has 8 nitrogen and oxygen atoms in total. The van der Waals surface area contributed by atoms with Crippen molar-refractivity contribution in [2.75, 3.05) is 19.0 Å². The topological polar surface area (TPSA) is 85.3 Å². The molecule has 0 fully saturated rings. The van der Waals surface area contributed by atoms with Crippen molar-refractivity contribution in [3.63, 3.8) is 0 Å². The molecule has 3 heterocycles. The standard InChI is InChI=1S/C41H45N4O4.F6P/c1-22(2)27-13-11-14-28(23(3)4)35(27)44-38(46)31-21-32-34(37(33(31)40(44)48)43-19-17-26(18-20-43)42(9)10)41(49)45(39(32)47)36-29(24(5)6)15-12-16-30(36)25(7)8;1-7(2,3,4,5)6/h11-25H,1-10H3;/q+1;-1. The van der Waals surface area contributed by atoms with E-state index in [0.29, 0.717) is 11.4 Å². The van der Waals surface area contributed by atoms with Crippen molar-refractivity contribution in [1.29, 1.82) is 0 Å². The van der Waals surface area contributed by atoms with Gasteiger partial charge in [0.2, 0.25) is 5.69 Å². The van der Waals surface area contributed by atoms with Gasteiger partial charge in [-0.2, -0.15) is 4.57 Å². The molecule has 56 heavy (non-hydrogen) atoms. The number of hydrogen-bond acceptors (Lipinski definition) is 5. The van der Waals surface area contributed by atoms with Gasteiger partial charge in [0.25, 0.3) is 22.2 Å². The van der Waals surface area contributed by atoms with Gasteiger partial charge in [-0.05, 0) is 52.0 Å². The van der Waals surface area contributed by atoms with Crippen molar-refractivity contribution in [3.05, 3.63) is 131 Å². The zero-order valence-corrected chi connectivity index (χ0v) is 33.7. The van der Waals surface area contributed by atoms with Crippen molar-refractivity contribution in [2.24, 2.45) is 0 Å². The van der Waals surface area contributed by atoms with Crippen LogP contribution in [-0.2, 0) is 0 Å². The van der Waals surface area contributed by atoms with E-state index in [9.17, 15) is 44.4 Å². The molecule has 0 aliphatic rings. The normalized spacial score (nSPS) is 13.5. The van der Waals surface area contributed by atoms with Gasteiger partial charge in [0.1, 0.15) is 10.8 Å². The van der Waals surface area contributed by atoms with E-state index < -0.39 is 30.0 Å². The van der Waals surface area contributed by atoms with Crippen molar-refractivity contribution >= 4 is 35.0 Å². The molecule has 15 heteroatoms. The van der Waals surface area contributed by atoms with Gasteiger partial charge in [-0.3, -0.25) is 19.2 Å². The Bertz CT molecular complexity index is 2500. The van der Waals surface area contributed by atoms with Crippen LogP contribution in [0.4, 0.5) is 30.9 Å². The fourth-order valence-corrected chi connectivity index (χ4v) is 7.16. The van der Waals surface area contributed by atoms with E-state index in [2.05, 4.69) is 0 Å².